The molecule has 2 atom stereocenters. The Balaban J connectivity index is 1.37. The first-order valence-corrected chi connectivity index (χ1v) is 10.7. The van der Waals surface area contributed by atoms with Crippen molar-refractivity contribution < 1.29 is 9.47 Å². The predicted molar refractivity (Wildman–Crippen MR) is 107 cm³/mol. The van der Waals surface area contributed by atoms with Gasteiger partial charge in [-0.25, -0.2) is 0 Å². The first-order chi connectivity index (χ1) is 12.9. The Morgan fingerprint density at radius 2 is 2.27 bits per heavy atom. The number of hydrogen-bond acceptors (Lipinski definition) is 5. The first kappa shape index (κ1) is 19.6. The van der Waals surface area contributed by atoms with Gasteiger partial charge in [0, 0.05) is 31.6 Å². The molecule has 2 N–H and O–H groups in total. The molecule has 1 aromatic heterocycles. The highest BCUT2D eigenvalue weighted by molar-refractivity contribution is 7.10. The van der Waals surface area contributed by atoms with Crippen LogP contribution in [-0.4, -0.2) is 70.0 Å². The Morgan fingerprint density at radius 3 is 2.96 bits per heavy atom. The molecular formula is C19H32N4O2S. The molecule has 3 rings (SSSR count). The van der Waals surface area contributed by atoms with E-state index in [1.165, 1.54) is 30.8 Å². The number of nitrogens with zero attached hydrogens (tertiary/aromatic N) is 2. The summed E-state index contributed by atoms with van der Waals surface area (Å²) in [5.74, 6) is 0.839. The molecule has 0 bridgehead atoms. The molecule has 2 fully saturated rings. The van der Waals surface area contributed by atoms with Crippen LogP contribution in [0, 0.1) is 0 Å². The van der Waals surface area contributed by atoms with Crippen LogP contribution in [0.15, 0.2) is 22.5 Å². The molecule has 0 saturated carbocycles. The van der Waals surface area contributed by atoms with E-state index in [2.05, 4.69) is 38.0 Å². The number of rotatable bonds is 9. The lowest BCUT2D eigenvalue weighted by molar-refractivity contribution is 0.0191. The molecule has 26 heavy (non-hydrogen) atoms. The van der Waals surface area contributed by atoms with Crippen LogP contribution >= 0.6 is 11.3 Å². The Kier molecular flexibility index (Phi) is 8.20. The number of nitrogens with one attached hydrogen (secondary N) is 2. The molecular weight excluding hydrogens is 348 g/mol. The molecule has 0 amide bonds. The van der Waals surface area contributed by atoms with Gasteiger partial charge in [-0.1, -0.05) is 6.07 Å². The second kappa shape index (κ2) is 10.9. The Morgan fingerprint density at radius 1 is 1.38 bits per heavy atom. The van der Waals surface area contributed by atoms with Crippen LogP contribution < -0.4 is 10.6 Å². The summed E-state index contributed by atoms with van der Waals surface area (Å²) in [7, 11) is 1.82. The number of guanidine groups is 1. The van der Waals surface area contributed by atoms with Crippen LogP contribution in [0.2, 0.25) is 0 Å². The number of thiophene rings is 1. The van der Waals surface area contributed by atoms with Crippen LogP contribution in [0.5, 0.6) is 0 Å². The van der Waals surface area contributed by atoms with Crippen LogP contribution in [0.4, 0.5) is 0 Å². The van der Waals surface area contributed by atoms with Gasteiger partial charge in [0.05, 0.1) is 25.4 Å². The fourth-order valence-corrected chi connectivity index (χ4v) is 4.45. The van der Waals surface area contributed by atoms with Crippen LogP contribution in [-0.2, 0) is 9.47 Å². The maximum Gasteiger partial charge on any atom is 0.191 e. The Hall–Kier alpha value is -1.15. The summed E-state index contributed by atoms with van der Waals surface area (Å²) >= 11 is 1.84. The molecule has 0 spiro atoms. The summed E-state index contributed by atoms with van der Waals surface area (Å²) < 4.78 is 11.3. The van der Waals surface area contributed by atoms with Crippen molar-refractivity contribution in [3.05, 3.63) is 22.4 Å². The van der Waals surface area contributed by atoms with Crippen molar-refractivity contribution in [2.75, 3.05) is 53.0 Å². The van der Waals surface area contributed by atoms with Crippen molar-refractivity contribution in [3.63, 3.8) is 0 Å². The van der Waals surface area contributed by atoms with Gasteiger partial charge in [-0.15, -0.1) is 11.3 Å². The van der Waals surface area contributed by atoms with Crippen LogP contribution in [0.25, 0.3) is 0 Å². The molecule has 1 aromatic rings. The van der Waals surface area contributed by atoms with Gasteiger partial charge in [0.15, 0.2) is 5.96 Å². The summed E-state index contributed by atoms with van der Waals surface area (Å²) in [6.07, 6.45) is 5.18. The first-order valence-electron chi connectivity index (χ1n) is 9.78. The summed E-state index contributed by atoms with van der Waals surface area (Å²) in [6.45, 7) is 6.24. The molecule has 146 valence electrons. The minimum Gasteiger partial charge on any atom is -0.377 e. The summed E-state index contributed by atoms with van der Waals surface area (Å²) in [6, 6.07) is 4.80. The van der Waals surface area contributed by atoms with E-state index in [9.17, 15) is 0 Å². The SMILES string of the molecule is CN=C(NCCOCC1CCCO1)NCC(c1cccs1)N1CCCC1. The van der Waals surface area contributed by atoms with E-state index in [-0.39, 0.29) is 0 Å². The monoisotopic (exact) mass is 380 g/mol. The van der Waals surface area contributed by atoms with Crippen molar-refractivity contribution in [2.45, 2.75) is 37.8 Å². The summed E-state index contributed by atoms with van der Waals surface area (Å²) in [5, 5.41) is 9.00. The maximum absolute atomic E-state index is 5.70. The fraction of sp³-hybridized carbons (Fsp3) is 0.737. The van der Waals surface area contributed by atoms with Crippen LogP contribution in [0.1, 0.15) is 36.6 Å². The van der Waals surface area contributed by atoms with Crippen LogP contribution in [0.3, 0.4) is 0 Å². The number of ether oxygens (including phenoxy) is 2. The maximum atomic E-state index is 5.70. The second-order valence-corrected chi connectivity index (χ2v) is 7.84. The second-order valence-electron chi connectivity index (χ2n) is 6.86. The zero-order chi connectivity index (χ0) is 18.0. The van der Waals surface area contributed by atoms with Crippen molar-refractivity contribution >= 4 is 17.3 Å². The van der Waals surface area contributed by atoms with E-state index >= 15 is 0 Å². The lowest BCUT2D eigenvalue weighted by Crippen LogP contribution is -2.43. The summed E-state index contributed by atoms with van der Waals surface area (Å²) in [5.41, 5.74) is 0. The molecule has 2 saturated heterocycles. The van der Waals surface area contributed by atoms with Crippen molar-refractivity contribution in [3.8, 4) is 0 Å². The Labute approximate surface area is 161 Å². The Bertz CT molecular complexity index is 526. The normalized spacial score (nSPS) is 22.7. The van der Waals surface area contributed by atoms with Gasteiger partial charge >= 0.3 is 0 Å². The quantitative estimate of drug-likeness (QED) is 0.391. The largest absolute Gasteiger partial charge is 0.377 e. The van der Waals surface area contributed by atoms with Gasteiger partial charge in [-0.3, -0.25) is 9.89 Å². The number of aliphatic imine (C=N–C) groups is 1. The molecule has 3 heterocycles. The van der Waals surface area contributed by atoms with E-state index < -0.39 is 0 Å². The molecule has 0 aliphatic carbocycles. The molecule has 2 aliphatic rings. The van der Waals surface area contributed by atoms with Gasteiger partial charge < -0.3 is 20.1 Å². The molecule has 2 aliphatic heterocycles. The van der Waals surface area contributed by atoms with E-state index in [0.717, 1.165) is 38.5 Å². The number of hydrogen-bond donors (Lipinski definition) is 2. The van der Waals surface area contributed by atoms with Crippen molar-refractivity contribution in [2.24, 2.45) is 4.99 Å². The van der Waals surface area contributed by atoms with Crippen molar-refractivity contribution in [1.82, 2.24) is 15.5 Å². The topological polar surface area (TPSA) is 58.1 Å². The zero-order valence-corrected chi connectivity index (χ0v) is 16.6. The van der Waals surface area contributed by atoms with Gasteiger partial charge in [0.1, 0.15) is 0 Å². The highest BCUT2D eigenvalue weighted by Gasteiger charge is 2.24. The van der Waals surface area contributed by atoms with Gasteiger partial charge in [-0.05, 0) is 50.2 Å². The highest BCUT2D eigenvalue weighted by atomic mass is 32.1. The molecule has 2 unspecified atom stereocenters. The lowest BCUT2D eigenvalue weighted by Gasteiger charge is -2.27. The molecule has 6 nitrogen and oxygen atoms in total. The van der Waals surface area contributed by atoms with Gasteiger partial charge in [-0.2, -0.15) is 0 Å². The van der Waals surface area contributed by atoms with Gasteiger partial charge in [0.2, 0.25) is 0 Å². The van der Waals surface area contributed by atoms with E-state index in [4.69, 9.17) is 9.47 Å². The average Bonchev–Trinajstić information content (AvgIpc) is 3.43. The predicted octanol–water partition coefficient (Wildman–Crippen LogP) is 2.25. The minimum atomic E-state index is 0.291. The molecule has 0 radical (unpaired) electrons. The average molecular weight is 381 g/mol. The van der Waals surface area contributed by atoms with Crippen molar-refractivity contribution in [1.29, 1.82) is 0 Å². The highest BCUT2D eigenvalue weighted by Crippen LogP contribution is 2.27. The third kappa shape index (κ3) is 5.94. The zero-order valence-electron chi connectivity index (χ0n) is 15.8. The van der Waals surface area contributed by atoms with Gasteiger partial charge in [0.25, 0.3) is 0 Å². The standard InChI is InChI=1S/C19H32N4O2S/c1-20-19(21-8-12-24-15-16-6-4-11-25-16)22-14-17(18-7-5-13-26-18)23-9-2-3-10-23/h5,7,13,16-17H,2-4,6,8-12,14-15H2,1H3,(H2,20,21,22). The van der Waals surface area contributed by atoms with E-state index in [1.54, 1.807) is 0 Å². The summed E-state index contributed by atoms with van der Waals surface area (Å²) in [4.78, 5) is 8.35. The third-order valence-corrected chi connectivity index (χ3v) is 5.98. The van der Waals surface area contributed by atoms with E-state index in [1.807, 2.05) is 18.4 Å². The number of likely N-dealkylation sites (tertiary alicyclic amines) is 1. The van der Waals surface area contributed by atoms with E-state index in [0.29, 0.717) is 25.4 Å². The fourth-order valence-electron chi connectivity index (χ4n) is 3.59. The minimum absolute atomic E-state index is 0.291. The molecule has 7 heteroatoms. The molecule has 0 aromatic carbocycles. The third-order valence-electron chi connectivity index (χ3n) is 5.01. The lowest BCUT2D eigenvalue weighted by atomic mass is 10.2. The smallest absolute Gasteiger partial charge is 0.191 e.